The molecular weight excluding hydrogens is 372 g/mol. The highest BCUT2D eigenvalue weighted by Crippen LogP contribution is 2.23. The first-order chi connectivity index (χ1) is 12.4. The summed E-state index contributed by atoms with van der Waals surface area (Å²) < 4.78 is 32.5. The van der Waals surface area contributed by atoms with Crippen LogP contribution in [-0.2, 0) is 14.8 Å². The predicted molar refractivity (Wildman–Crippen MR) is 101 cm³/mol. The first-order valence-corrected chi connectivity index (χ1v) is 10.7. The summed E-state index contributed by atoms with van der Waals surface area (Å²) in [7, 11) is -3.65. The summed E-state index contributed by atoms with van der Waals surface area (Å²) in [4.78, 5) is 13.8. The van der Waals surface area contributed by atoms with Crippen LogP contribution < -0.4 is 5.32 Å². The number of rotatable bonds is 5. The molecule has 26 heavy (non-hydrogen) atoms. The van der Waals surface area contributed by atoms with Crippen LogP contribution >= 0.6 is 11.3 Å². The van der Waals surface area contributed by atoms with Crippen LogP contribution in [0.25, 0.3) is 0 Å². The van der Waals surface area contributed by atoms with Gasteiger partial charge in [0.15, 0.2) is 0 Å². The highest BCUT2D eigenvalue weighted by Gasteiger charge is 2.28. The number of carbonyl (C=O) groups excluding carboxylic acids is 1. The number of nitrogens with one attached hydrogen (secondary N) is 1. The molecule has 1 aliphatic heterocycles. The van der Waals surface area contributed by atoms with Crippen molar-refractivity contribution in [2.45, 2.75) is 24.8 Å². The van der Waals surface area contributed by atoms with Crippen LogP contribution in [0.4, 0.5) is 0 Å². The van der Waals surface area contributed by atoms with Gasteiger partial charge in [0.2, 0.25) is 10.0 Å². The second-order valence-corrected chi connectivity index (χ2v) is 9.09. The van der Waals surface area contributed by atoms with Gasteiger partial charge in [0.05, 0.1) is 24.2 Å². The Hall–Kier alpha value is -1.74. The van der Waals surface area contributed by atoms with Gasteiger partial charge in [0.25, 0.3) is 5.91 Å². The van der Waals surface area contributed by atoms with E-state index in [1.54, 1.807) is 30.4 Å². The summed E-state index contributed by atoms with van der Waals surface area (Å²) in [5.41, 5.74) is 0.963. The Morgan fingerprint density at radius 2 is 2.00 bits per heavy atom. The standard InChI is InChI=1S/C18H22N2O4S2/c1-13-5-6-15(18(21)19-14(2)16-4-3-11-25-16)12-17(13)26(22,23)20-7-9-24-10-8-20/h3-6,11-12,14H,7-10H2,1-2H3,(H,19,21). The van der Waals surface area contributed by atoms with Crippen LogP contribution in [-0.4, -0.2) is 44.9 Å². The zero-order valence-corrected chi connectivity index (χ0v) is 16.4. The van der Waals surface area contributed by atoms with Gasteiger partial charge in [-0.05, 0) is 43.0 Å². The average molecular weight is 395 g/mol. The van der Waals surface area contributed by atoms with Crippen molar-refractivity contribution >= 4 is 27.3 Å². The number of morpholine rings is 1. The topological polar surface area (TPSA) is 75.7 Å². The van der Waals surface area contributed by atoms with Gasteiger partial charge in [0.1, 0.15) is 0 Å². The first kappa shape index (κ1) is 19.0. The van der Waals surface area contributed by atoms with Crippen molar-refractivity contribution in [1.29, 1.82) is 0 Å². The molecule has 140 valence electrons. The molecule has 1 atom stereocenters. The van der Waals surface area contributed by atoms with Crippen molar-refractivity contribution in [3.05, 3.63) is 51.7 Å². The Morgan fingerprint density at radius 1 is 1.27 bits per heavy atom. The van der Waals surface area contributed by atoms with Crippen molar-refractivity contribution in [3.63, 3.8) is 0 Å². The maximum atomic E-state index is 12.9. The zero-order valence-electron chi connectivity index (χ0n) is 14.8. The van der Waals surface area contributed by atoms with Gasteiger partial charge in [-0.25, -0.2) is 8.42 Å². The Kier molecular flexibility index (Phi) is 5.76. The molecule has 1 aliphatic rings. The average Bonchev–Trinajstić information content (AvgIpc) is 3.17. The smallest absolute Gasteiger partial charge is 0.251 e. The molecule has 0 saturated carbocycles. The SMILES string of the molecule is Cc1ccc(C(=O)NC(C)c2cccs2)cc1S(=O)(=O)N1CCOCC1. The lowest BCUT2D eigenvalue weighted by Gasteiger charge is -2.26. The summed E-state index contributed by atoms with van der Waals surface area (Å²) in [5.74, 6) is -0.288. The van der Waals surface area contributed by atoms with Gasteiger partial charge in [-0.15, -0.1) is 11.3 Å². The molecule has 1 aromatic heterocycles. The van der Waals surface area contributed by atoms with E-state index in [4.69, 9.17) is 4.74 Å². The molecule has 0 aliphatic carbocycles. The predicted octanol–water partition coefficient (Wildman–Crippen LogP) is 2.57. The Morgan fingerprint density at radius 3 is 2.65 bits per heavy atom. The van der Waals surface area contributed by atoms with Crippen molar-refractivity contribution < 1.29 is 17.9 Å². The molecule has 6 nitrogen and oxygen atoms in total. The molecule has 2 heterocycles. The number of thiophene rings is 1. The molecule has 1 N–H and O–H groups in total. The Balaban J connectivity index is 1.84. The normalized spacial score (nSPS) is 17.0. The van der Waals surface area contributed by atoms with E-state index < -0.39 is 10.0 Å². The number of aryl methyl sites for hydroxylation is 1. The number of hydrogen-bond acceptors (Lipinski definition) is 5. The molecule has 0 spiro atoms. The van der Waals surface area contributed by atoms with Crippen molar-refractivity contribution in [3.8, 4) is 0 Å². The van der Waals surface area contributed by atoms with Gasteiger partial charge in [-0.3, -0.25) is 4.79 Å². The lowest BCUT2D eigenvalue weighted by Crippen LogP contribution is -2.41. The Bertz CT molecular complexity index is 873. The van der Waals surface area contributed by atoms with E-state index in [0.717, 1.165) is 4.88 Å². The third-order valence-electron chi connectivity index (χ3n) is 4.36. The molecule has 1 aromatic carbocycles. The summed E-state index contributed by atoms with van der Waals surface area (Å²) in [5, 5.41) is 4.87. The maximum absolute atomic E-state index is 12.9. The van der Waals surface area contributed by atoms with Gasteiger partial charge in [0, 0.05) is 23.5 Å². The summed E-state index contributed by atoms with van der Waals surface area (Å²) in [6.45, 7) is 5.07. The highest BCUT2D eigenvalue weighted by atomic mass is 32.2. The molecule has 8 heteroatoms. The lowest BCUT2D eigenvalue weighted by atomic mass is 10.1. The molecule has 1 saturated heterocycles. The number of hydrogen-bond donors (Lipinski definition) is 1. The van der Waals surface area contributed by atoms with Crippen LogP contribution in [0, 0.1) is 6.92 Å². The largest absolute Gasteiger partial charge is 0.379 e. The van der Waals surface area contributed by atoms with E-state index in [2.05, 4.69) is 5.32 Å². The number of benzene rings is 1. The molecule has 0 bridgehead atoms. The third kappa shape index (κ3) is 3.98. The minimum atomic E-state index is -3.65. The minimum absolute atomic E-state index is 0.136. The fraction of sp³-hybridized carbons (Fsp3) is 0.389. The fourth-order valence-corrected chi connectivity index (χ4v) is 5.23. The fourth-order valence-electron chi connectivity index (χ4n) is 2.83. The van der Waals surface area contributed by atoms with Crippen molar-refractivity contribution in [2.75, 3.05) is 26.3 Å². The van der Waals surface area contributed by atoms with Crippen molar-refractivity contribution in [1.82, 2.24) is 9.62 Å². The van der Waals surface area contributed by atoms with E-state index in [1.165, 1.54) is 10.4 Å². The highest BCUT2D eigenvalue weighted by molar-refractivity contribution is 7.89. The molecule has 1 amide bonds. The first-order valence-electron chi connectivity index (χ1n) is 8.42. The summed E-state index contributed by atoms with van der Waals surface area (Å²) in [6.07, 6.45) is 0. The number of nitrogens with zero attached hydrogens (tertiary/aromatic N) is 1. The van der Waals surface area contributed by atoms with Gasteiger partial charge >= 0.3 is 0 Å². The summed E-state index contributed by atoms with van der Waals surface area (Å²) in [6, 6.07) is 8.56. The van der Waals surface area contributed by atoms with Gasteiger partial charge in [-0.2, -0.15) is 4.31 Å². The molecule has 1 fully saturated rings. The monoisotopic (exact) mass is 394 g/mol. The second-order valence-electron chi connectivity index (χ2n) is 6.21. The van der Waals surface area contributed by atoms with E-state index in [-0.39, 0.29) is 16.8 Å². The van der Waals surface area contributed by atoms with E-state index in [1.807, 2.05) is 24.4 Å². The van der Waals surface area contributed by atoms with E-state index in [9.17, 15) is 13.2 Å². The van der Waals surface area contributed by atoms with Crippen LogP contribution in [0.2, 0.25) is 0 Å². The van der Waals surface area contributed by atoms with E-state index in [0.29, 0.717) is 37.4 Å². The third-order valence-corrected chi connectivity index (χ3v) is 7.45. The second kappa shape index (κ2) is 7.87. The molecular formula is C18H22N2O4S2. The number of amides is 1. The molecule has 3 rings (SSSR count). The number of sulfonamides is 1. The quantitative estimate of drug-likeness (QED) is 0.846. The maximum Gasteiger partial charge on any atom is 0.251 e. The number of ether oxygens (including phenoxy) is 1. The Labute approximate surface area is 157 Å². The summed E-state index contributed by atoms with van der Waals surface area (Å²) >= 11 is 1.57. The zero-order chi connectivity index (χ0) is 18.7. The molecule has 1 unspecified atom stereocenters. The van der Waals surface area contributed by atoms with Gasteiger partial charge in [-0.1, -0.05) is 12.1 Å². The minimum Gasteiger partial charge on any atom is -0.379 e. The number of carbonyl (C=O) groups is 1. The van der Waals surface area contributed by atoms with Crippen molar-refractivity contribution in [2.24, 2.45) is 0 Å². The molecule has 2 aromatic rings. The lowest BCUT2D eigenvalue weighted by molar-refractivity contribution is 0.0730. The van der Waals surface area contributed by atoms with Crippen LogP contribution in [0.15, 0.2) is 40.6 Å². The van der Waals surface area contributed by atoms with Crippen LogP contribution in [0.5, 0.6) is 0 Å². The van der Waals surface area contributed by atoms with E-state index >= 15 is 0 Å². The molecule has 0 radical (unpaired) electrons. The van der Waals surface area contributed by atoms with Gasteiger partial charge < -0.3 is 10.1 Å². The van der Waals surface area contributed by atoms with Crippen LogP contribution in [0.1, 0.15) is 33.8 Å². The van der Waals surface area contributed by atoms with Crippen LogP contribution in [0.3, 0.4) is 0 Å².